The fourth-order valence-corrected chi connectivity index (χ4v) is 2.97. The molecule has 1 aromatic heterocycles. The average molecular weight is 350 g/mol. The zero-order valence-electron chi connectivity index (χ0n) is 12.1. The van der Waals surface area contributed by atoms with Crippen molar-refractivity contribution in [2.75, 3.05) is 13.1 Å². The Balaban J connectivity index is 1.66. The zero-order chi connectivity index (χ0) is 14.8. The van der Waals surface area contributed by atoms with Gasteiger partial charge in [0.15, 0.2) is 0 Å². The van der Waals surface area contributed by atoms with Crippen molar-refractivity contribution < 1.29 is 9.52 Å². The Kier molecular flexibility index (Phi) is 4.48. The van der Waals surface area contributed by atoms with Crippen molar-refractivity contribution >= 4 is 15.9 Å². The summed E-state index contributed by atoms with van der Waals surface area (Å²) in [5.41, 5.74) is 1.08. The Bertz CT molecular complexity index is 593. The van der Waals surface area contributed by atoms with Crippen LogP contribution in [0.1, 0.15) is 19.1 Å². The van der Waals surface area contributed by atoms with Crippen LogP contribution in [0.25, 0.3) is 11.3 Å². The Morgan fingerprint density at radius 2 is 2.00 bits per heavy atom. The van der Waals surface area contributed by atoms with E-state index in [2.05, 4.69) is 27.8 Å². The van der Waals surface area contributed by atoms with E-state index in [4.69, 9.17) is 4.42 Å². The molecular formula is C17H20BrNO2. The maximum absolute atomic E-state index is 9.96. The summed E-state index contributed by atoms with van der Waals surface area (Å²) in [6, 6.07) is 12.2. The molecule has 2 atom stereocenters. The third-order valence-electron chi connectivity index (χ3n) is 4.17. The number of likely N-dealkylation sites (tertiary alicyclic amines) is 1. The molecule has 0 aliphatic carbocycles. The fraction of sp³-hybridized carbons (Fsp3) is 0.412. The van der Waals surface area contributed by atoms with Gasteiger partial charge in [-0.2, -0.15) is 0 Å². The lowest BCUT2D eigenvalue weighted by atomic mass is 9.96. The van der Waals surface area contributed by atoms with E-state index in [1.165, 1.54) is 0 Å². The molecule has 3 nitrogen and oxygen atoms in total. The van der Waals surface area contributed by atoms with Gasteiger partial charge in [0, 0.05) is 16.6 Å². The molecule has 1 aliphatic rings. The molecule has 0 spiro atoms. The highest BCUT2D eigenvalue weighted by Crippen LogP contribution is 2.25. The molecule has 0 amide bonds. The molecule has 4 heteroatoms. The van der Waals surface area contributed by atoms with Gasteiger partial charge in [-0.1, -0.05) is 35.0 Å². The number of hydrogen-bond donors (Lipinski definition) is 1. The van der Waals surface area contributed by atoms with Gasteiger partial charge >= 0.3 is 0 Å². The first-order chi connectivity index (χ1) is 10.1. The van der Waals surface area contributed by atoms with Gasteiger partial charge < -0.3 is 9.52 Å². The molecule has 2 unspecified atom stereocenters. The quantitative estimate of drug-likeness (QED) is 0.912. The summed E-state index contributed by atoms with van der Waals surface area (Å²) >= 11 is 3.44. The predicted octanol–water partition coefficient (Wildman–Crippen LogP) is 3.91. The van der Waals surface area contributed by atoms with Crippen molar-refractivity contribution in [2.45, 2.75) is 26.0 Å². The highest BCUT2D eigenvalue weighted by molar-refractivity contribution is 9.10. The maximum atomic E-state index is 9.96. The second kappa shape index (κ2) is 6.34. The lowest BCUT2D eigenvalue weighted by molar-refractivity contribution is 0.0235. The smallest absolute Gasteiger partial charge is 0.134 e. The van der Waals surface area contributed by atoms with Crippen LogP contribution in [-0.2, 0) is 6.54 Å². The fourth-order valence-electron chi connectivity index (χ4n) is 2.71. The third-order valence-corrected chi connectivity index (χ3v) is 4.70. The lowest BCUT2D eigenvalue weighted by Gasteiger charge is -2.33. The van der Waals surface area contributed by atoms with Crippen molar-refractivity contribution in [1.29, 1.82) is 0 Å². The number of piperidine rings is 1. The van der Waals surface area contributed by atoms with Crippen LogP contribution >= 0.6 is 15.9 Å². The van der Waals surface area contributed by atoms with E-state index in [0.29, 0.717) is 5.92 Å². The summed E-state index contributed by atoms with van der Waals surface area (Å²) < 4.78 is 7.00. The Morgan fingerprint density at radius 3 is 2.71 bits per heavy atom. The van der Waals surface area contributed by atoms with Crippen molar-refractivity contribution in [3.8, 4) is 11.3 Å². The SMILES string of the molecule is CC1CCN(Cc2ccc(-c3ccc(Br)cc3)o2)CC1O. The van der Waals surface area contributed by atoms with Crippen LogP contribution in [0, 0.1) is 5.92 Å². The molecular weight excluding hydrogens is 330 g/mol. The molecule has 1 aliphatic heterocycles. The summed E-state index contributed by atoms with van der Waals surface area (Å²) in [4.78, 5) is 2.26. The first-order valence-corrected chi connectivity index (χ1v) is 8.16. The Morgan fingerprint density at radius 1 is 1.24 bits per heavy atom. The van der Waals surface area contributed by atoms with Crippen molar-refractivity contribution in [1.82, 2.24) is 4.90 Å². The highest BCUT2D eigenvalue weighted by Gasteiger charge is 2.24. The van der Waals surface area contributed by atoms with E-state index in [1.807, 2.05) is 36.4 Å². The van der Waals surface area contributed by atoms with Crippen molar-refractivity contribution in [3.05, 3.63) is 46.6 Å². The van der Waals surface area contributed by atoms with E-state index in [0.717, 1.165) is 47.6 Å². The number of β-amino-alcohol motifs (C(OH)–C–C–N with tert-alkyl or cyclic N) is 1. The minimum atomic E-state index is -0.223. The highest BCUT2D eigenvalue weighted by atomic mass is 79.9. The molecule has 2 heterocycles. The predicted molar refractivity (Wildman–Crippen MR) is 86.9 cm³/mol. The summed E-state index contributed by atoms with van der Waals surface area (Å²) in [7, 11) is 0. The van der Waals surface area contributed by atoms with Gasteiger partial charge in [0.2, 0.25) is 0 Å². The first-order valence-electron chi connectivity index (χ1n) is 7.37. The van der Waals surface area contributed by atoms with Crippen LogP contribution in [0.2, 0.25) is 0 Å². The molecule has 0 bridgehead atoms. The van der Waals surface area contributed by atoms with Gasteiger partial charge in [0.05, 0.1) is 12.6 Å². The molecule has 0 saturated carbocycles. The largest absolute Gasteiger partial charge is 0.460 e. The number of halogens is 1. The van der Waals surface area contributed by atoms with E-state index in [1.54, 1.807) is 0 Å². The third kappa shape index (κ3) is 3.57. The van der Waals surface area contributed by atoms with Gasteiger partial charge in [-0.25, -0.2) is 0 Å². The van der Waals surface area contributed by atoms with Crippen LogP contribution in [0.5, 0.6) is 0 Å². The monoisotopic (exact) mass is 349 g/mol. The van der Waals surface area contributed by atoms with E-state index < -0.39 is 0 Å². The van der Waals surface area contributed by atoms with E-state index >= 15 is 0 Å². The van der Waals surface area contributed by atoms with E-state index in [-0.39, 0.29) is 6.10 Å². The second-order valence-electron chi connectivity index (χ2n) is 5.84. The van der Waals surface area contributed by atoms with Crippen molar-refractivity contribution in [3.63, 3.8) is 0 Å². The molecule has 21 heavy (non-hydrogen) atoms. The topological polar surface area (TPSA) is 36.6 Å². The van der Waals surface area contributed by atoms with Crippen LogP contribution < -0.4 is 0 Å². The van der Waals surface area contributed by atoms with Gasteiger partial charge in [-0.15, -0.1) is 0 Å². The number of aliphatic hydroxyl groups is 1. The van der Waals surface area contributed by atoms with Gasteiger partial charge in [0.1, 0.15) is 11.5 Å². The second-order valence-corrected chi connectivity index (χ2v) is 6.76. The summed E-state index contributed by atoms with van der Waals surface area (Å²) in [6.45, 7) is 4.63. The number of benzene rings is 1. The van der Waals surface area contributed by atoms with Crippen molar-refractivity contribution in [2.24, 2.45) is 5.92 Å². The van der Waals surface area contributed by atoms with Crippen LogP contribution in [0.3, 0.4) is 0 Å². The standard InChI is InChI=1S/C17H20BrNO2/c1-12-8-9-19(11-16(12)20)10-15-6-7-17(21-15)13-2-4-14(18)5-3-13/h2-7,12,16,20H,8-11H2,1H3. The molecule has 1 aromatic carbocycles. The molecule has 2 aromatic rings. The van der Waals surface area contributed by atoms with E-state index in [9.17, 15) is 5.11 Å². The first kappa shape index (κ1) is 14.8. The summed E-state index contributed by atoms with van der Waals surface area (Å²) in [6.07, 6.45) is 0.821. The van der Waals surface area contributed by atoms with Crippen LogP contribution in [0.4, 0.5) is 0 Å². The van der Waals surface area contributed by atoms with Crippen LogP contribution in [-0.4, -0.2) is 29.2 Å². The minimum Gasteiger partial charge on any atom is -0.460 e. The molecule has 1 fully saturated rings. The number of nitrogens with zero attached hydrogens (tertiary/aromatic N) is 1. The average Bonchev–Trinajstić information content (AvgIpc) is 2.92. The van der Waals surface area contributed by atoms with Crippen LogP contribution in [0.15, 0.2) is 45.3 Å². The molecule has 1 saturated heterocycles. The lowest BCUT2D eigenvalue weighted by Crippen LogP contribution is -2.42. The van der Waals surface area contributed by atoms with Gasteiger partial charge in [-0.3, -0.25) is 4.90 Å². The molecule has 112 valence electrons. The molecule has 0 radical (unpaired) electrons. The normalized spacial score (nSPS) is 23.4. The zero-order valence-corrected chi connectivity index (χ0v) is 13.7. The molecule has 1 N–H and O–H groups in total. The molecule has 3 rings (SSSR count). The summed E-state index contributed by atoms with van der Waals surface area (Å²) in [5.74, 6) is 2.24. The number of rotatable bonds is 3. The number of furan rings is 1. The van der Waals surface area contributed by atoms with Gasteiger partial charge in [-0.05, 0) is 43.1 Å². The Hall–Kier alpha value is -1.10. The maximum Gasteiger partial charge on any atom is 0.134 e. The Labute approximate surface area is 133 Å². The summed E-state index contributed by atoms with van der Waals surface area (Å²) in [5, 5.41) is 9.96. The minimum absolute atomic E-state index is 0.223. The number of aliphatic hydroxyl groups excluding tert-OH is 1. The number of hydrogen-bond acceptors (Lipinski definition) is 3. The van der Waals surface area contributed by atoms with Gasteiger partial charge in [0.25, 0.3) is 0 Å².